The molecule has 1 heterocycles. The van der Waals surface area contributed by atoms with Crippen LogP contribution in [0.5, 0.6) is 0 Å². The van der Waals surface area contributed by atoms with Gasteiger partial charge in [0.05, 0.1) is 28.9 Å². The molecule has 21 heavy (non-hydrogen) atoms. The summed E-state index contributed by atoms with van der Waals surface area (Å²) in [5.41, 5.74) is -1.09. The molecular weight excluding hydrogens is 298 g/mol. The van der Waals surface area contributed by atoms with Gasteiger partial charge in [-0.3, -0.25) is 4.79 Å². The van der Waals surface area contributed by atoms with E-state index in [9.17, 15) is 19.5 Å². The minimum Gasteiger partial charge on any atom is -0.479 e. The number of fused-ring (bicyclic) bond motifs is 1. The summed E-state index contributed by atoms with van der Waals surface area (Å²) in [4.78, 5) is 35.6. The summed E-state index contributed by atoms with van der Waals surface area (Å²) >= 11 is 6.06. The summed E-state index contributed by atoms with van der Waals surface area (Å²) in [5.74, 6) is -2.25. The molecule has 1 aliphatic rings. The SMILES string of the molecule is CCC1(C(=O)O)CC(=O)c2c(C(=O)OC)ccc(Cl)c2N1. The number of hydrogen-bond donors (Lipinski definition) is 2. The highest BCUT2D eigenvalue weighted by atomic mass is 35.5. The predicted octanol–water partition coefficient (Wildman–Crippen LogP) is 2.36. The molecule has 0 spiro atoms. The van der Waals surface area contributed by atoms with Gasteiger partial charge in [0, 0.05) is 6.42 Å². The van der Waals surface area contributed by atoms with Crippen LogP contribution in [0.25, 0.3) is 0 Å². The Labute approximate surface area is 126 Å². The molecule has 0 radical (unpaired) electrons. The molecule has 0 aliphatic carbocycles. The zero-order chi connectivity index (χ0) is 15.8. The molecule has 0 bridgehead atoms. The number of anilines is 1. The maximum Gasteiger partial charge on any atom is 0.338 e. The second-order valence-corrected chi connectivity index (χ2v) is 5.21. The van der Waals surface area contributed by atoms with Crippen molar-refractivity contribution >= 4 is 35.0 Å². The van der Waals surface area contributed by atoms with Crippen LogP contribution in [0, 0.1) is 0 Å². The molecule has 7 heteroatoms. The van der Waals surface area contributed by atoms with Crippen molar-refractivity contribution in [2.75, 3.05) is 12.4 Å². The lowest BCUT2D eigenvalue weighted by Crippen LogP contribution is -2.50. The minimum atomic E-state index is -1.41. The summed E-state index contributed by atoms with van der Waals surface area (Å²) in [7, 11) is 1.21. The fraction of sp³-hybridized carbons (Fsp3) is 0.357. The smallest absolute Gasteiger partial charge is 0.338 e. The summed E-state index contributed by atoms with van der Waals surface area (Å²) in [5, 5.41) is 12.4. The van der Waals surface area contributed by atoms with Crippen LogP contribution in [0.15, 0.2) is 12.1 Å². The summed E-state index contributed by atoms with van der Waals surface area (Å²) < 4.78 is 4.64. The van der Waals surface area contributed by atoms with Crippen LogP contribution < -0.4 is 5.32 Å². The number of methoxy groups -OCH3 is 1. The number of rotatable bonds is 3. The van der Waals surface area contributed by atoms with Gasteiger partial charge < -0.3 is 15.2 Å². The summed E-state index contributed by atoms with van der Waals surface area (Å²) in [6, 6.07) is 2.83. The number of ether oxygens (including phenoxy) is 1. The highest BCUT2D eigenvalue weighted by Crippen LogP contribution is 2.39. The lowest BCUT2D eigenvalue weighted by Gasteiger charge is -2.35. The minimum absolute atomic E-state index is 0.0736. The van der Waals surface area contributed by atoms with Gasteiger partial charge in [0.25, 0.3) is 0 Å². The average molecular weight is 312 g/mol. The molecule has 1 aromatic carbocycles. The standard InChI is InChI=1S/C14H14ClNO5/c1-3-14(13(19)20)6-9(17)10-7(12(18)21-2)4-5-8(15)11(10)16-14/h4-5,16H,3,6H2,1-2H3,(H,19,20). The lowest BCUT2D eigenvalue weighted by molar-refractivity contribution is -0.142. The van der Waals surface area contributed by atoms with E-state index in [2.05, 4.69) is 10.1 Å². The van der Waals surface area contributed by atoms with E-state index in [4.69, 9.17) is 11.6 Å². The van der Waals surface area contributed by atoms with Crippen molar-refractivity contribution in [1.29, 1.82) is 0 Å². The van der Waals surface area contributed by atoms with Crippen LogP contribution in [0.4, 0.5) is 5.69 Å². The Morgan fingerprint density at radius 3 is 2.67 bits per heavy atom. The van der Waals surface area contributed by atoms with Gasteiger partial charge in [-0.25, -0.2) is 9.59 Å². The van der Waals surface area contributed by atoms with Gasteiger partial charge in [-0.15, -0.1) is 0 Å². The normalized spacial score (nSPS) is 20.4. The Kier molecular flexibility index (Phi) is 3.91. The van der Waals surface area contributed by atoms with Crippen molar-refractivity contribution in [3.05, 3.63) is 28.3 Å². The first-order chi connectivity index (χ1) is 9.86. The van der Waals surface area contributed by atoms with Gasteiger partial charge in [0.1, 0.15) is 5.54 Å². The molecule has 1 atom stereocenters. The van der Waals surface area contributed by atoms with E-state index in [0.29, 0.717) is 0 Å². The number of carboxylic acid groups (broad SMARTS) is 1. The number of ketones is 1. The topological polar surface area (TPSA) is 92.7 Å². The fourth-order valence-corrected chi connectivity index (χ4v) is 2.61. The van der Waals surface area contributed by atoms with E-state index in [1.165, 1.54) is 19.2 Å². The van der Waals surface area contributed by atoms with Crippen LogP contribution >= 0.6 is 11.6 Å². The van der Waals surface area contributed by atoms with Gasteiger partial charge in [-0.1, -0.05) is 18.5 Å². The number of aliphatic carboxylic acids is 1. The predicted molar refractivity (Wildman–Crippen MR) is 76.0 cm³/mol. The number of hydrogen-bond acceptors (Lipinski definition) is 5. The quantitative estimate of drug-likeness (QED) is 0.832. The Hall–Kier alpha value is -2.08. The van der Waals surface area contributed by atoms with Crippen LogP contribution in [0.2, 0.25) is 5.02 Å². The van der Waals surface area contributed by atoms with E-state index in [1.54, 1.807) is 6.92 Å². The van der Waals surface area contributed by atoms with Crippen LogP contribution in [0.3, 0.4) is 0 Å². The van der Waals surface area contributed by atoms with Crippen molar-refractivity contribution in [3.8, 4) is 0 Å². The van der Waals surface area contributed by atoms with E-state index >= 15 is 0 Å². The van der Waals surface area contributed by atoms with Crippen molar-refractivity contribution in [1.82, 2.24) is 0 Å². The van der Waals surface area contributed by atoms with Crippen molar-refractivity contribution in [2.24, 2.45) is 0 Å². The van der Waals surface area contributed by atoms with Crippen molar-refractivity contribution < 1.29 is 24.2 Å². The zero-order valence-electron chi connectivity index (χ0n) is 11.5. The molecule has 0 saturated carbocycles. The summed E-state index contributed by atoms with van der Waals surface area (Å²) in [6.07, 6.45) is -0.0531. The number of esters is 1. The number of nitrogens with one attached hydrogen (secondary N) is 1. The Balaban J connectivity index is 2.65. The molecule has 0 saturated heterocycles. The second kappa shape index (κ2) is 5.37. The molecule has 2 rings (SSSR count). The van der Waals surface area contributed by atoms with Gasteiger partial charge in [-0.2, -0.15) is 0 Å². The highest BCUT2D eigenvalue weighted by Gasteiger charge is 2.45. The summed E-state index contributed by atoms with van der Waals surface area (Å²) in [6.45, 7) is 1.66. The molecule has 0 fully saturated rings. The number of benzene rings is 1. The van der Waals surface area contributed by atoms with E-state index < -0.39 is 23.3 Å². The maximum atomic E-state index is 12.4. The lowest BCUT2D eigenvalue weighted by atomic mass is 9.82. The molecule has 1 unspecified atom stereocenters. The average Bonchev–Trinajstić information content (AvgIpc) is 2.47. The third kappa shape index (κ3) is 2.35. The molecule has 0 amide bonds. The molecule has 1 aromatic rings. The van der Waals surface area contributed by atoms with Gasteiger partial charge in [-0.05, 0) is 18.6 Å². The molecule has 1 aliphatic heterocycles. The largest absolute Gasteiger partial charge is 0.479 e. The number of carbonyl (C=O) groups is 3. The van der Waals surface area contributed by atoms with Crippen molar-refractivity contribution in [2.45, 2.75) is 25.3 Å². The Bertz CT molecular complexity index is 642. The Morgan fingerprint density at radius 2 is 2.14 bits per heavy atom. The van der Waals surface area contributed by atoms with Crippen molar-refractivity contribution in [3.63, 3.8) is 0 Å². The van der Waals surface area contributed by atoms with Crippen LogP contribution in [-0.2, 0) is 9.53 Å². The van der Waals surface area contributed by atoms with Gasteiger partial charge >= 0.3 is 11.9 Å². The third-order valence-corrected chi connectivity index (χ3v) is 3.99. The maximum absolute atomic E-state index is 12.4. The van der Waals surface area contributed by atoms with Crippen LogP contribution in [0.1, 0.15) is 40.5 Å². The molecular formula is C14H14ClNO5. The number of halogens is 1. The fourth-order valence-electron chi connectivity index (χ4n) is 2.41. The number of carboxylic acids is 1. The van der Waals surface area contributed by atoms with E-state index in [0.717, 1.165) is 0 Å². The molecule has 0 aromatic heterocycles. The van der Waals surface area contributed by atoms with Gasteiger partial charge in [0.2, 0.25) is 0 Å². The number of carbonyl (C=O) groups excluding carboxylic acids is 2. The Morgan fingerprint density at radius 1 is 1.48 bits per heavy atom. The monoisotopic (exact) mass is 311 g/mol. The van der Waals surface area contributed by atoms with Crippen LogP contribution in [-0.4, -0.2) is 35.5 Å². The number of Topliss-reactive ketones (excluding diaryl/α,β-unsaturated/α-hetero) is 1. The van der Waals surface area contributed by atoms with E-state index in [-0.39, 0.29) is 34.7 Å². The second-order valence-electron chi connectivity index (χ2n) is 4.80. The molecule has 2 N–H and O–H groups in total. The first-order valence-electron chi connectivity index (χ1n) is 6.32. The zero-order valence-corrected chi connectivity index (χ0v) is 12.3. The first-order valence-corrected chi connectivity index (χ1v) is 6.69. The first kappa shape index (κ1) is 15.3. The molecule has 112 valence electrons. The molecule has 6 nitrogen and oxygen atoms in total. The highest BCUT2D eigenvalue weighted by molar-refractivity contribution is 6.35. The van der Waals surface area contributed by atoms with Gasteiger partial charge in [0.15, 0.2) is 5.78 Å². The van der Waals surface area contributed by atoms with E-state index in [1.807, 2.05) is 0 Å². The third-order valence-electron chi connectivity index (χ3n) is 3.68.